The van der Waals surface area contributed by atoms with E-state index >= 15 is 0 Å². The van der Waals surface area contributed by atoms with Gasteiger partial charge in [0.25, 0.3) is 0 Å². The molecule has 7 heteroatoms. The van der Waals surface area contributed by atoms with Crippen molar-refractivity contribution in [2.24, 2.45) is 5.92 Å². The third-order valence-corrected chi connectivity index (χ3v) is 5.64. The number of likely N-dealkylation sites (N-methyl/N-ethyl adjacent to an activating group) is 1. The number of urea groups is 1. The number of thioether (sulfide) groups is 1. The van der Waals surface area contributed by atoms with E-state index in [-0.39, 0.29) is 11.4 Å². The van der Waals surface area contributed by atoms with Crippen molar-refractivity contribution in [1.29, 1.82) is 0 Å². The fourth-order valence-electron chi connectivity index (χ4n) is 2.67. The van der Waals surface area contributed by atoms with Crippen molar-refractivity contribution in [3.63, 3.8) is 0 Å². The number of rotatable bonds is 7. The summed E-state index contributed by atoms with van der Waals surface area (Å²) in [6.45, 7) is 7.44. The van der Waals surface area contributed by atoms with E-state index in [4.69, 9.17) is 0 Å². The summed E-state index contributed by atoms with van der Waals surface area (Å²) in [4.78, 5) is 27.5. The Morgan fingerprint density at radius 2 is 2.00 bits per heavy atom. The van der Waals surface area contributed by atoms with Crippen molar-refractivity contribution in [2.75, 3.05) is 31.9 Å². The summed E-state index contributed by atoms with van der Waals surface area (Å²) < 4.78 is 0. The lowest BCUT2D eigenvalue weighted by atomic mass is 10.2. The predicted molar refractivity (Wildman–Crippen MR) is 83.4 cm³/mol. The molecule has 2 amide bonds. The molecule has 0 spiro atoms. The summed E-state index contributed by atoms with van der Waals surface area (Å²) in [5, 5.41) is 12.2. The molecule has 120 valence electrons. The summed E-state index contributed by atoms with van der Waals surface area (Å²) in [6, 6.07) is -0.912. The summed E-state index contributed by atoms with van der Waals surface area (Å²) in [5.74, 6) is 0.0809. The molecule has 0 aromatic carbocycles. The highest BCUT2D eigenvalue weighted by Gasteiger charge is 2.48. The van der Waals surface area contributed by atoms with Gasteiger partial charge in [-0.25, -0.2) is 9.59 Å². The van der Waals surface area contributed by atoms with Gasteiger partial charge in [-0.3, -0.25) is 4.90 Å². The van der Waals surface area contributed by atoms with Gasteiger partial charge < -0.3 is 15.3 Å². The first-order chi connectivity index (χ1) is 10.1. The molecule has 1 saturated carbocycles. The van der Waals surface area contributed by atoms with Crippen LogP contribution in [-0.2, 0) is 4.79 Å². The number of carboxylic acids is 1. The van der Waals surface area contributed by atoms with Crippen LogP contribution >= 0.6 is 11.8 Å². The Morgan fingerprint density at radius 1 is 1.33 bits per heavy atom. The lowest BCUT2D eigenvalue weighted by Gasteiger charge is -2.28. The normalized spacial score (nSPS) is 25.4. The maximum Gasteiger partial charge on any atom is 0.327 e. The molecular weight excluding hydrogens is 290 g/mol. The van der Waals surface area contributed by atoms with E-state index < -0.39 is 12.0 Å². The standard InChI is InChI=1S/C14H25N3O3S/c1-3-16(4-2)8-7-15-14(20)17-11(13(18)19)9-21-12(17)10-5-6-10/h10-12H,3-9H2,1-2H3,(H,15,20)(H,18,19). The van der Waals surface area contributed by atoms with Crippen LogP contribution in [0.5, 0.6) is 0 Å². The second kappa shape index (κ2) is 7.35. The zero-order valence-electron chi connectivity index (χ0n) is 12.7. The number of amides is 2. The maximum absolute atomic E-state index is 12.4. The topological polar surface area (TPSA) is 72.9 Å². The minimum Gasteiger partial charge on any atom is -0.480 e. The Labute approximate surface area is 130 Å². The first kappa shape index (κ1) is 16.4. The molecule has 0 aromatic rings. The van der Waals surface area contributed by atoms with Gasteiger partial charge >= 0.3 is 12.0 Å². The van der Waals surface area contributed by atoms with Crippen LogP contribution in [0.25, 0.3) is 0 Å². The van der Waals surface area contributed by atoms with Crippen molar-refractivity contribution in [2.45, 2.75) is 38.1 Å². The van der Waals surface area contributed by atoms with Crippen LogP contribution in [0.15, 0.2) is 0 Å². The van der Waals surface area contributed by atoms with Gasteiger partial charge in [0, 0.05) is 18.8 Å². The van der Waals surface area contributed by atoms with E-state index in [1.54, 1.807) is 16.7 Å². The van der Waals surface area contributed by atoms with Crippen LogP contribution in [0.2, 0.25) is 0 Å². The fourth-order valence-corrected chi connectivity index (χ4v) is 4.30. The van der Waals surface area contributed by atoms with Gasteiger partial charge in [-0.2, -0.15) is 0 Å². The second-order valence-corrected chi connectivity index (χ2v) is 6.73. The van der Waals surface area contributed by atoms with Gasteiger partial charge in [0.1, 0.15) is 6.04 Å². The molecule has 6 nitrogen and oxygen atoms in total. The fraction of sp³-hybridized carbons (Fsp3) is 0.857. The monoisotopic (exact) mass is 315 g/mol. The van der Waals surface area contributed by atoms with Crippen LogP contribution in [-0.4, -0.2) is 70.3 Å². The molecule has 21 heavy (non-hydrogen) atoms. The van der Waals surface area contributed by atoms with Crippen LogP contribution in [0, 0.1) is 5.92 Å². The number of carbonyl (C=O) groups excluding carboxylic acids is 1. The zero-order chi connectivity index (χ0) is 15.4. The van der Waals surface area contributed by atoms with Crippen LogP contribution in [0.4, 0.5) is 4.79 Å². The Morgan fingerprint density at radius 3 is 2.52 bits per heavy atom. The molecule has 2 aliphatic rings. The second-order valence-electron chi connectivity index (χ2n) is 5.58. The van der Waals surface area contributed by atoms with Crippen LogP contribution < -0.4 is 5.32 Å². The summed E-state index contributed by atoms with van der Waals surface area (Å²) in [7, 11) is 0. The van der Waals surface area contributed by atoms with Gasteiger partial charge in [-0.1, -0.05) is 13.8 Å². The van der Waals surface area contributed by atoms with Crippen molar-refractivity contribution in [3.05, 3.63) is 0 Å². The molecule has 1 heterocycles. The molecule has 2 unspecified atom stereocenters. The van der Waals surface area contributed by atoms with Gasteiger partial charge in [-0.05, 0) is 31.8 Å². The number of hydrogen-bond acceptors (Lipinski definition) is 4. The van der Waals surface area contributed by atoms with Crippen LogP contribution in [0.1, 0.15) is 26.7 Å². The van der Waals surface area contributed by atoms with Gasteiger partial charge in [0.05, 0.1) is 5.37 Å². The van der Waals surface area contributed by atoms with E-state index in [0.29, 0.717) is 18.2 Å². The van der Waals surface area contributed by atoms with E-state index in [1.165, 1.54) is 0 Å². The van der Waals surface area contributed by atoms with Gasteiger partial charge in [0.2, 0.25) is 0 Å². The van der Waals surface area contributed by atoms with E-state index in [9.17, 15) is 14.7 Å². The van der Waals surface area contributed by atoms with Crippen molar-refractivity contribution >= 4 is 23.8 Å². The first-order valence-electron chi connectivity index (χ1n) is 7.71. The van der Waals surface area contributed by atoms with E-state index in [2.05, 4.69) is 24.1 Å². The van der Waals surface area contributed by atoms with Crippen molar-refractivity contribution in [1.82, 2.24) is 15.1 Å². The van der Waals surface area contributed by atoms with Crippen molar-refractivity contribution < 1.29 is 14.7 Å². The molecule has 0 radical (unpaired) electrons. The summed E-state index contributed by atoms with van der Waals surface area (Å²) >= 11 is 1.61. The Hall–Kier alpha value is -0.950. The first-order valence-corrected chi connectivity index (χ1v) is 8.76. The van der Waals surface area contributed by atoms with E-state index in [0.717, 1.165) is 32.5 Å². The third kappa shape index (κ3) is 4.03. The number of hydrogen-bond donors (Lipinski definition) is 2. The Kier molecular flexibility index (Phi) is 5.75. The molecule has 1 aliphatic heterocycles. The highest BCUT2D eigenvalue weighted by atomic mass is 32.2. The SMILES string of the molecule is CCN(CC)CCNC(=O)N1C(C(=O)O)CSC1C1CC1. The number of carboxylic acid groups (broad SMARTS) is 1. The lowest BCUT2D eigenvalue weighted by Crippen LogP contribution is -2.51. The van der Waals surface area contributed by atoms with Gasteiger partial charge in [-0.15, -0.1) is 11.8 Å². The zero-order valence-corrected chi connectivity index (χ0v) is 13.6. The smallest absolute Gasteiger partial charge is 0.327 e. The molecule has 0 bridgehead atoms. The number of aliphatic carboxylic acids is 1. The predicted octanol–water partition coefficient (Wildman–Crippen LogP) is 1.28. The largest absolute Gasteiger partial charge is 0.480 e. The quantitative estimate of drug-likeness (QED) is 0.740. The molecular formula is C14H25N3O3S. The van der Waals surface area contributed by atoms with Gasteiger partial charge in [0.15, 0.2) is 0 Å². The molecule has 2 fully saturated rings. The van der Waals surface area contributed by atoms with Crippen LogP contribution in [0.3, 0.4) is 0 Å². The lowest BCUT2D eigenvalue weighted by molar-refractivity contribution is -0.141. The van der Waals surface area contributed by atoms with Crippen molar-refractivity contribution in [3.8, 4) is 0 Å². The highest BCUT2D eigenvalue weighted by Crippen LogP contribution is 2.45. The minimum absolute atomic E-state index is 0.0413. The van der Waals surface area contributed by atoms with E-state index in [1.807, 2.05) is 0 Å². The third-order valence-electron chi connectivity index (χ3n) is 4.18. The molecule has 2 atom stereocenters. The minimum atomic E-state index is -0.899. The Bertz CT molecular complexity index is 386. The average molecular weight is 315 g/mol. The molecule has 2 rings (SSSR count). The molecule has 1 aliphatic carbocycles. The number of nitrogens with zero attached hydrogens (tertiary/aromatic N) is 2. The molecule has 0 aromatic heterocycles. The number of nitrogens with one attached hydrogen (secondary N) is 1. The molecule has 1 saturated heterocycles. The maximum atomic E-state index is 12.4. The summed E-state index contributed by atoms with van der Waals surface area (Å²) in [5.41, 5.74) is 0. The average Bonchev–Trinajstić information content (AvgIpc) is 3.21. The Balaban J connectivity index is 1.89. The highest BCUT2D eigenvalue weighted by molar-refractivity contribution is 8.00. The summed E-state index contributed by atoms with van der Waals surface area (Å²) in [6.07, 6.45) is 2.21. The number of carbonyl (C=O) groups is 2. The molecule has 2 N–H and O–H groups in total.